The molecule has 3 nitrogen and oxygen atoms in total. The second-order valence-electron chi connectivity index (χ2n) is 4.56. The van der Waals surface area contributed by atoms with Gasteiger partial charge in [-0.3, -0.25) is 9.78 Å². The molecule has 102 valence electrons. The number of rotatable bonds is 3. The van der Waals surface area contributed by atoms with Gasteiger partial charge in [-0.25, -0.2) is 4.39 Å². The van der Waals surface area contributed by atoms with Crippen LogP contribution in [0.25, 0.3) is 0 Å². The van der Waals surface area contributed by atoms with Crippen LogP contribution in [0.2, 0.25) is 0 Å². The number of pyridine rings is 1. The fourth-order valence-electron chi connectivity index (χ4n) is 2.24. The maximum Gasteiger partial charge on any atom is 0.234 e. The topological polar surface area (TPSA) is 33.2 Å². The first kappa shape index (κ1) is 13.1. The highest BCUT2D eigenvalue weighted by Gasteiger charge is 2.33. The Hall–Kier alpha value is -1.88. The lowest BCUT2D eigenvalue weighted by Gasteiger charge is -2.24. The van der Waals surface area contributed by atoms with Crippen molar-refractivity contribution in [3.05, 3.63) is 65.7 Å². The first-order valence-electron chi connectivity index (χ1n) is 6.30. The van der Waals surface area contributed by atoms with Crippen molar-refractivity contribution in [3.8, 4) is 0 Å². The Morgan fingerprint density at radius 3 is 2.75 bits per heavy atom. The molecule has 0 N–H and O–H groups in total. The molecule has 1 fully saturated rings. The van der Waals surface area contributed by atoms with Crippen LogP contribution < -0.4 is 0 Å². The van der Waals surface area contributed by atoms with E-state index < -0.39 is 0 Å². The zero-order chi connectivity index (χ0) is 13.9. The molecule has 20 heavy (non-hydrogen) atoms. The number of carbonyl (C=O) groups is 1. The largest absolute Gasteiger partial charge is 0.321 e. The van der Waals surface area contributed by atoms with Gasteiger partial charge in [0.05, 0.1) is 5.75 Å². The highest BCUT2D eigenvalue weighted by atomic mass is 32.2. The molecule has 0 radical (unpaired) electrons. The third kappa shape index (κ3) is 2.54. The normalized spacial score (nSPS) is 18.6. The summed E-state index contributed by atoms with van der Waals surface area (Å²) in [5, 5.41) is -0.0647. The third-order valence-electron chi connectivity index (χ3n) is 3.26. The van der Waals surface area contributed by atoms with Gasteiger partial charge in [-0.15, -0.1) is 11.8 Å². The zero-order valence-corrected chi connectivity index (χ0v) is 11.5. The summed E-state index contributed by atoms with van der Waals surface area (Å²) >= 11 is 1.56. The first-order chi connectivity index (χ1) is 9.75. The fraction of sp³-hybridized carbons (Fsp3) is 0.200. The van der Waals surface area contributed by atoms with Crippen LogP contribution in [0.4, 0.5) is 4.39 Å². The van der Waals surface area contributed by atoms with E-state index in [0.717, 1.165) is 5.56 Å². The molecule has 1 aliphatic heterocycles. The van der Waals surface area contributed by atoms with Crippen molar-refractivity contribution in [2.45, 2.75) is 11.9 Å². The quantitative estimate of drug-likeness (QED) is 0.870. The Kier molecular flexibility index (Phi) is 3.69. The van der Waals surface area contributed by atoms with E-state index >= 15 is 0 Å². The van der Waals surface area contributed by atoms with Crippen molar-refractivity contribution in [3.63, 3.8) is 0 Å². The van der Waals surface area contributed by atoms with Crippen LogP contribution in [-0.2, 0) is 11.3 Å². The minimum Gasteiger partial charge on any atom is -0.321 e. The molecular formula is C15H13FN2OS. The van der Waals surface area contributed by atoms with Crippen molar-refractivity contribution in [1.82, 2.24) is 9.88 Å². The molecule has 0 aliphatic carbocycles. The van der Waals surface area contributed by atoms with Crippen LogP contribution in [-0.4, -0.2) is 21.5 Å². The summed E-state index contributed by atoms with van der Waals surface area (Å²) in [6, 6.07) is 10.4. The summed E-state index contributed by atoms with van der Waals surface area (Å²) < 4.78 is 13.7. The number of hydrogen-bond donors (Lipinski definition) is 0. The van der Waals surface area contributed by atoms with E-state index in [1.807, 2.05) is 12.1 Å². The zero-order valence-electron chi connectivity index (χ0n) is 10.7. The van der Waals surface area contributed by atoms with E-state index in [1.165, 1.54) is 6.07 Å². The maximum absolute atomic E-state index is 13.7. The van der Waals surface area contributed by atoms with Crippen molar-refractivity contribution >= 4 is 17.7 Å². The van der Waals surface area contributed by atoms with Crippen molar-refractivity contribution in [1.29, 1.82) is 0 Å². The second-order valence-corrected chi connectivity index (χ2v) is 5.63. The number of amides is 1. The number of benzene rings is 1. The number of halogens is 1. The van der Waals surface area contributed by atoms with Gasteiger partial charge < -0.3 is 4.90 Å². The van der Waals surface area contributed by atoms with Crippen LogP contribution in [0, 0.1) is 5.82 Å². The van der Waals surface area contributed by atoms with E-state index in [9.17, 15) is 9.18 Å². The van der Waals surface area contributed by atoms with Gasteiger partial charge in [0.1, 0.15) is 11.2 Å². The van der Waals surface area contributed by atoms with Crippen molar-refractivity contribution in [2.75, 3.05) is 5.75 Å². The molecule has 2 aromatic rings. The molecule has 1 aliphatic rings. The molecule has 1 atom stereocenters. The molecule has 1 aromatic carbocycles. The number of nitrogens with zero attached hydrogens (tertiary/aromatic N) is 2. The molecule has 1 unspecified atom stereocenters. The van der Waals surface area contributed by atoms with E-state index in [4.69, 9.17) is 0 Å². The van der Waals surface area contributed by atoms with Crippen molar-refractivity contribution < 1.29 is 9.18 Å². The first-order valence-corrected chi connectivity index (χ1v) is 7.35. The van der Waals surface area contributed by atoms with Gasteiger partial charge >= 0.3 is 0 Å². The van der Waals surface area contributed by atoms with Gasteiger partial charge in [-0.1, -0.05) is 18.2 Å². The molecule has 0 spiro atoms. The number of aromatic nitrogens is 1. The maximum atomic E-state index is 13.7. The molecule has 1 amide bonds. The van der Waals surface area contributed by atoms with Crippen LogP contribution in [0.3, 0.4) is 0 Å². The predicted molar refractivity (Wildman–Crippen MR) is 76.4 cm³/mol. The summed E-state index contributed by atoms with van der Waals surface area (Å²) in [7, 11) is 0. The minimum absolute atomic E-state index is 0.0417. The van der Waals surface area contributed by atoms with Crippen molar-refractivity contribution in [2.24, 2.45) is 0 Å². The van der Waals surface area contributed by atoms with Crippen LogP contribution in [0.1, 0.15) is 16.5 Å². The highest BCUT2D eigenvalue weighted by molar-refractivity contribution is 8.00. The van der Waals surface area contributed by atoms with E-state index in [0.29, 0.717) is 17.9 Å². The van der Waals surface area contributed by atoms with Gasteiger partial charge in [-0.2, -0.15) is 0 Å². The lowest BCUT2D eigenvalue weighted by Crippen LogP contribution is -2.28. The summed E-state index contributed by atoms with van der Waals surface area (Å²) in [5.41, 5.74) is 1.56. The van der Waals surface area contributed by atoms with Gasteiger partial charge in [0, 0.05) is 24.5 Å². The van der Waals surface area contributed by atoms with Crippen LogP contribution in [0.5, 0.6) is 0 Å². The average Bonchev–Trinajstić information content (AvgIpc) is 2.84. The summed E-state index contributed by atoms with van der Waals surface area (Å²) in [6.07, 6.45) is 3.42. The number of hydrogen-bond acceptors (Lipinski definition) is 3. The summed E-state index contributed by atoms with van der Waals surface area (Å²) in [6.45, 7) is 0.297. The Morgan fingerprint density at radius 2 is 2.00 bits per heavy atom. The fourth-order valence-corrected chi connectivity index (χ4v) is 3.43. The monoisotopic (exact) mass is 288 g/mol. The highest BCUT2D eigenvalue weighted by Crippen LogP contribution is 2.39. The molecule has 1 aromatic heterocycles. The SMILES string of the molecule is O=C1CSC(c2ccncc2)N1Cc1ccccc1F. The van der Waals surface area contributed by atoms with E-state index in [1.54, 1.807) is 47.3 Å². The van der Waals surface area contributed by atoms with Crippen LogP contribution >= 0.6 is 11.8 Å². The molecule has 5 heteroatoms. The lowest BCUT2D eigenvalue weighted by atomic mass is 10.1. The Morgan fingerprint density at radius 1 is 1.25 bits per heavy atom. The molecular weight excluding hydrogens is 275 g/mol. The van der Waals surface area contributed by atoms with E-state index in [2.05, 4.69) is 4.98 Å². The molecule has 0 saturated carbocycles. The third-order valence-corrected chi connectivity index (χ3v) is 4.51. The van der Waals surface area contributed by atoms with Crippen LogP contribution in [0.15, 0.2) is 48.8 Å². The molecule has 2 heterocycles. The molecule has 1 saturated heterocycles. The average molecular weight is 288 g/mol. The lowest BCUT2D eigenvalue weighted by molar-refractivity contribution is -0.128. The smallest absolute Gasteiger partial charge is 0.234 e. The molecule has 0 bridgehead atoms. The Bertz CT molecular complexity index is 620. The summed E-state index contributed by atoms with van der Waals surface area (Å²) in [4.78, 5) is 17.7. The van der Waals surface area contributed by atoms with E-state index in [-0.39, 0.29) is 17.1 Å². The number of carbonyl (C=O) groups excluding carboxylic acids is 1. The van der Waals surface area contributed by atoms with Gasteiger partial charge in [-0.05, 0) is 23.8 Å². The van der Waals surface area contributed by atoms with Gasteiger partial charge in [0.15, 0.2) is 0 Å². The van der Waals surface area contributed by atoms with Gasteiger partial charge in [0.25, 0.3) is 0 Å². The minimum atomic E-state index is -0.273. The molecule has 3 rings (SSSR count). The Labute approximate surface area is 120 Å². The predicted octanol–water partition coefficient (Wildman–Crippen LogP) is 2.99. The summed E-state index contributed by atoms with van der Waals surface area (Å²) in [5.74, 6) is 0.201. The second kappa shape index (κ2) is 5.63. The Balaban J connectivity index is 1.86. The van der Waals surface area contributed by atoms with Gasteiger partial charge in [0.2, 0.25) is 5.91 Å². The number of thioether (sulfide) groups is 1. The standard InChI is InChI=1S/C15H13FN2OS/c16-13-4-2-1-3-12(13)9-18-14(19)10-20-15(18)11-5-7-17-8-6-11/h1-8,15H,9-10H2.